The van der Waals surface area contributed by atoms with Crippen LogP contribution in [0.3, 0.4) is 0 Å². The van der Waals surface area contributed by atoms with E-state index in [4.69, 9.17) is 42.7 Å². The van der Waals surface area contributed by atoms with Crippen LogP contribution in [0.15, 0.2) is 94.9 Å². The van der Waals surface area contributed by atoms with Crippen molar-refractivity contribution in [3.05, 3.63) is 141 Å². The fraction of sp³-hybridized carbons (Fsp3) is 0.233. The molecule has 0 radical (unpaired) electrons. The van der Waals surface area contributed by atoms with Crippen molar-refractivity contribution in [1.82, 2.24) is 40.2 Å². The molecular weight excluding hydrogens is 807 g/mol. The Hall–Kier alpha value is -6.71. The Morgan fingerprint density at radius 2 is 1.18 bits per heavy atom. The van der Waals surface area contributed by atoms with E-state index in [1.54, 1.807) is 38.5 Å². The van der Waals surface area contributed by atoms with Crippen LogP contribution >= 0.6 is 23.2 Å². The highest BCUT2D eigenvalue weighted by Gasteiger charge is 2.33. The van der Waals surface area contributed by atoms with Gasteiger partial charge in [-0.3, -0.25) is 33.5 Å². The first-order chi connectivity index (χ1) is 29.0. The van der Waals surface area contributed by atoms with E-state index in [-0.39, 0.29) is 25.9 Å². The molecule has 0 saturated carbocycles. The topological polar surface area (TPSA) is 180 Å². The van der Waals surface area contributed by atoms with E-state index in [1.807, 2.05) is 83.6 Å². The van der Waals surface area contributed by atoms with Gasteiger partial charge in [0.05, 0.1) is 68.5 Å². The van der Waals surface area contributed by atoms with Gasteiger partial charge in [0.1, 0.15) is 35.2 Å². The first kappa shape index (κ1) is 40.1. The predicted octanol–water partition coefficient (Wildman–Crippen LogP) is 5.85. The van der Waals surface area contributed by atoms with E-state index in [2.05, 4.69) is 31.0 Å². The standard InChI is InChI=1S/C43H38Cl2N10O5/c1-23-50-52-42-32(48-40(25-8-12-27(44)13-9-25)31-18-30(59-3)16-17-34(31)54(23)42)19-37(57)46-21-29(56)22-47-38(58)20-33-43-53-51-24(2)55(43)35-6-5-7-36(60-4)39(35)41(49-33)26-10-14-28(45)15-11-26/h5-18,32-33H,19-22H2,1-4H3,(H,46,57)(H,47,58)/t32-,33-/m1/s1. The number of ether oxygens (including phenoxy) is 2. The lowest BCUT2D eigenvalue weighted by molar-refractivity contribution is -0.126. The van der Waals surface area contributed by atoms with Crippen LogP contribution in [0.1, 0.15) is 70.5 Å². The van der Waals surface area contributed by atoms with Crippen LogP contribution < -0.4 is 20.1 Å². The highest BCUT2D eigenvalue weighted by Crippen LogP contribution is 2.38. The van der Waals surface area contributed by atoms with Gasteiger partial charge in [-0.1, -0.05) is 53.5 Å². The minimum absolute atomic E-state index is 0.136. The third-order valence-electron chi connectivity index (χ3n) is 10.2. The number of Topliss-reactive ketones (excluding diaryl/α,β-unsaturated/α-hetero) is 1. The molecule has 0 saturated heterocycles. The van der Waals surface area contributed by atoms with Crippen LogP contribution in [-0.4, -0.2) is 85.9 Å². The maximum absolute atomic E-state index is 13.5. The van der Waals surface area contributed by atoms with Crippen LogP contribution in [-0.2, 0) is 14.4 Å². The number of halogens is 2. The molecule has 2 aliphatic heterocycles. The molecule has 2 aliphatic rings. The van der Waals surface area contributed by atoms with Gasteiger partial charge in [0.2, 0.25) is 11.8 Å². The number of benzene rings is 4. The SMILES string of the molecule is COc1ccc2c(c1)C(c1ccc(Cl)cc1)=N[C@H](CC(=O)NCC(=O)CNC(=O)C[C@H]1N=C(c3ccc(Cl)cc3)c3c(OC)cccc3-n3c(C)nnc31)c1nnc(C)n1-2. The van der Waals surface area contributed by atoms with Crippen molar-refractivity contribution < 1.29 is 23.9 Å². The Morgan fingerprint density at radius 3 is 1.73 bits per heavy atom. The number of nitrogens with one attached hydrogen (secondary N) is 2. The third-order valence-corrected chi connectivity index (χ3v) is 10.7. The minimum Gasteiger partial charge on any atom is -0.497 e. The van der Waals surface area contributed by atoms with Gasteiger partial charge in [0, 0.05) is 26.7 Å². The summed E-state index contributed by atoms with van der Waals surface area (Å²) < 4.78 is 15.1. The number of carbonyl (C=O) groups excluding carboxylic acids is 3. The molecule has 0 bridgehead atoms. The molecule has 8 rings (SSSR count). The second kappa shape index (κ2) is 16.9. The number of aryl methyl sites for hydroxylation is 2. The first-order valence-electron chi connectivity index (χ1n) is 19.0. The molecule has 0 fully saturated rings. The van der Waals surface area contributed by atoms with Gasteiger partial charge in [0.15, 0.2) is 17.4 Å². The van der Waals surface area contributed by atoms with Crippen molar-refractivity contribution in [3.8, 4) is 22.9 Å². The highest BCUT2D eigenvalue weighted by molar-refractivity contribution is 6.31. The molecule has 4 aromatic carbocycles. The number of ketones is 1. The quantitative estimate of drug-likeness (QED) is 0.153. The van der Waals surface area contributed by atoms with Crippen LogP contribution in [0.4, 0.5) is 0 Å². The van der Waals surface area contributed by atoms with E-state index >= 15 is 0 Å². The molecule has 2 amide bonds. The molecule has 6 aromatic rings. The summed E-state index contributed by atoms with van der Waals surface area (Å²) in [6, 6.07) is 24.2. The second-order valence-corrected chi connectivity index (χ2v) is 15.0. The number of amides is 2. The Labute approximate surface area is 354 Å². The largest absolute Gasteiger partial charge is 0.497 e. The molecule has 2 N–H and O–H groups in total. The maximum atomic E-state index is 13.5. The zero-order valence-electron chi connectivity index (χ0n) is 32.9. The predicted molar refractivity (Wildman–Crippen MR) is 225 cm³/mol. The number of carbonyl (C=O) groups is 3. The van der Waals surface area contributed by atoms with Gasteiger partial charge in [-0.2, -0.15) is 0 Å². The number of fused-ring (bicyclic) bond motifs is 6. The average molecular weight is 846 g/mol. The molecule has 0 unspecified atom stereocenters. The molecule has 2 aromatic heterocycles. The number of aromatic nitrogens is 6. The molecule has 2 atom stereocenters. The Morgan fingerprint density at radius 1 is 0.650 bits per heavy atom. The summed E-state index contributed by atoms with van der Waals surface area (Å²) in [7, 11) is 3.17. The van der Waals surface area contributed by atoms with Crippen LogP contribution in [0.2, 0.25) is 10.0 Å². The number of hydrogen-bond donors (Lipinski definition) is 2. The van der Waals surface area contributed by atoms with E-state index in [0.29, 0.717) is 61.8 Å². The summed E-state index contributed by atoms with van der Waals surface area (Å²) in [5.74, 6) is 2.02. The Balaban J connectivity index is 0.970. The Kier molecular flexibility index (Phi) is 11.3. The molecule has 0 spiro atoms. The summed E-state index contributed by atoms with van der Waals surface area (Å²) in [4.78, 5) is 50.3. The molecule has 15 nitrogen and oxygen atoms in total. The normalized spacial score (nSPS) is 15.2. The van der Waals surface area contributed by atoms with Crippen LogP contribution in [0.25, 0.3) is 11.4 Å². The summed E-state index contributed by atoms with van der Waals surface area (Å²) in [5, 5.41) is 24.0. The fourth-order valence-corrected chi connectivity index (χ4v) is 7.63. The average Bonchev–Trinajstić information content (AvgIpc) is 3.75. The van der Waals surface area contributed by atoms with Crippen molar-refractivity contribution in [3.63, 3.8) is 0 Å². The van der Waals surface area contributed by atoms with Crippen molar-refractivity contribution in [2.45, 2.75) is 38.8 Å². The molecule has 17 heteroatoms. The number of methoxy groups -OCH3 is 2. The maximum Gasteiger partial charge on any atom is 0.222 e. The summed E-state index contributed by atoms with van der Waals surface area (Å²) in [5.41, 5.74) is 5.69. The molecule has 304 valence electrons. The van der Waals surface area contributed by atoms with E-state index < -0.39 is 29.7 Å². The van der Waals surface area contributed by atoms with Crippen molar-refractivity contribution >= 4 is 52.2 Å². The van der Waals surface area contributed by atoms with E-state index in [9.17, 15) is 14.4 Å². The van der Waals surface area contributed by atoms with Crippen molar-refractivity contribution in [1.29, 1.82) is 0 Å². The summed E-state index contributed by atoms with van der Waals surface area (Å²) in [6.45, 7) is 2.99. The molecule has 0 aliphatic carbocycles. The first-order valence-corrected chi connectivity index (χ1v) is 19.7. The minimum atomic E-state index is -0.778. The van der Waals surface area contributed by atoms with E-state index in [1.165, 1.54) is 0 Å². The van der Waals surface area contributed by atoms with Crippen LogP contribution in [0, 0.1) is 13.8 Å². The van der Waals surface area contributed by atoms with Gasteiger partial charge in [-0.15, -0.1) is 20.4 Å². The third kappa shape index (κ3) is 7.88. The zero-order valence-corrected chi connectivity index (χ0v) is 34.5. The lowest BCUT2D eigenvalue weighted by Crippen LogP contribution is -2.37. The van der Waals surface area contributed by atoms with Gasteiger partial charge in [0.25, 0.3) is 0 Å². The number of hydrogen-bond acceptors (Lipinski definition) is 11. The summed E-state index contributed by atoms with van der Waals surface area (Å²) >= 11 is 12.5. The molecule has 60 heavy (non-hydrogen) atoms. The lowest BCUT2D eigenvalue weighted by Gasteiger charge is -2.16. The second-order valence-electron chi connectivity index (χ2n) is 14.1. The van der Waals surface area contributed by atoms with Crippen molar-refractivity contribution in [2.24, 2.45) is 9.98 Å². The number of rotatable bonds is 12. The van der Waals surface area contributed by atoms with E-state index in [0.717, 1.165) is 28.1 Å². The van der Waals surface area contributed by atoms with Crippen LogP contribution in [0.5, 0.6) is 11.5 Å². The highest BCUT2D eigenvalue weighted by atomic mass is 35.5. The molecular formula is C43H38Cl2N10O5. The monoisotopic (exact) mass is 844 g/mol. The van der Waals surface area contributed by atoms with Gasteiger partial charge < -0.3 is 20.1 Å². The Bertz CT molecular complexity index is 2710. The number of aliphatic imine (C=N–C) groups is 2. The van der Waals surface area contributed by atoms with Gasteiger partial charge in [-0.25, -0.2) is 0 Å². The van der Waals surface area contributed by atoms with Gasteiger partial charge >= 0.3 is 0 Å². The van der Waals surface area contributed by atoms with Gasteiger partial charge in [-0.05, 0) is 68.4 Å². The fourth-order valence-electron chi connectivity index (χ4n) is 7.38. The molecule has 4 heterocycles. The number of nitrogens with zero attached hydrogens (tertiary/aromatic N) is 8. The van der Waals surface area contributed by atoms with Crippen molar-refractivity contribution in [2.75, 3.05) is 27.3 Å². The zero-order chi connectivity index (χ0) is 42.1. The smallest absolute Gasteiger partial charge is 0.222 e. The summed E-state index contributed by atoms with van der Waals surface area (Å²) in [6.07, 6.45) is -0.280. The lowest BCUT2D eigenvalue weighted by atomic mass is 9.99.